The predicted octanol–water partition coefficient (Wildman–Crippen LogP) is 1.80. The minimum Gasteiger partial charge on any atom is -0.871 e. The second-order valence-electron chi connectivity index (χ2n) is 6.33. The third kappa shape index (κ3) is 4.18. The molecule has 0 aliphatic carbocycles. The van der Waals surface area contributed by atoms with Gasteiger partial charge in [0.1, 0.15) is 4.20 Å². The van der Waals surface area contributed by atoms with Crippen LogP contribution in [-0.2, 0) is 4.74 Å². The van der Waals surface area contributed by atoms with Gasteiger partial charge >= 0.3 is 57.4 Å². The molecule has 142 valence electrons. The number of thioether (sulfide) groups is 1. The van der Waals surface area contributed by atoms with Crippen molar-refractivity contribution < 1.29 is 66.0 Å². The molecule has 4 nitrogen and oxygen atoms in total. The van der Waals surface area contributed by atoms with Gasteiger partial charge in [0.25, 0.3) is 0 Å². The van der Waals surface area contributed by atoms with Gasteiger partial charge in [0.15, 0.2) is 0 Å². The van der Waals surface area contributed by atoms with E-state index in [1.165, 1.54) is 11.8 Å². The number of fused-ring (bicyclic) bond motifs is 3. The number of hydrogen-bond acceptors (Lipinski definition) is 5. The summed E-state index contributed by atoms with van der Waals surface area (Å²) in [6, 6.07) is 11.0. The van der Waals surface area contributed by atoms with E-state index in [1.54, 1.807) is 19.1 Å². The van der Waals surface area contributed by atoms with E-state index in [0.717, 1.165) is 10.0 Å². The Labute approximate surface area is 229 Å². The van der Waals surface area contributed by atoms with Gasteiger partial charge in [-0.25, -0.2) is 4.79 Å². The van der Waals surface area contributed by atoms with Crippen LogP contribution in [0.1, 0.15) is 39.7 Å². The van der Waals surface area contributed by atoms with Gasteiger partial charge in [-0.2, -0.15) is 0 Å². The molecule has 0 saturated heterocycles. The van der Waals surface area contributed by atoms with E-state index in [0.29, 0.717) is 37.0 Å². The van der Waals surface area contributed by atoms with Gasteiger partial charge in [-0.15, -0.1) is 0 Å². The zero-order chi connectivity index (χ0) is 20.0. The maximum absolute atomic E-state index is 13.2. The molecule has 2 aromatic heterocycles. The fourth-order valence-corrected chi connectivity index (χ4v) is 4.98. The van der Waals surface area contributed by atoms with Crippen molar-refractivity contribution in [3.8, 4) is 0 Å². The van der Waals surface area contributed by atoms with Gasteiger partial charge in [-0.05, 0) is 49.2 Å². The molecule has 8 heteroatoms. The predicted molar refractivity (Wildman–Crippen MR) is 118 cm³/mol. The normalized spacial score (nSPS) is 14.5. The zero-order valence-corrected chi connectivity index (χ0v) is 22.5. The van der Waals surface area contributed by atoms with Crippen molar-refractivity contribution in [1.29, 1.82) is 0 Å². The molecule has 1 aliphatic rings. The standard InChI is InChI=1S/C21H16BrNO3S2.K/c1-3-26-20(25)15-14-10-11(2)8-9-23(14)17-16(15)19(28-21(17)27)18(24)12-4-6-13(22)7-5-12;/h4-10,24H,3H2,1-2H3;/q;+1/p-1/b19-18+;. The van der Waals surface area contributed by atoms with Crippen LogP contribution < -0.4 is 56.5 Å². The molecule has 3 heterocycles. The Kier molecular flexibility index (Phi) is 7.49. The van der Waals surface area contributed by atoms with Crippen LogP contribution in [-0.4, -0.2) is 21.2 Å². The first kappa shape index (κ1) is 23.2. The molecular formula is C21H15BrKNO3S2. The zero-order valence-electron chi connectivity index (χ0n) is 16.1. The molecular weight excluding hydrogens is 497 g/mol. The van der Waals surface area contributed by atoms with Crippen molar-refractivity contribution in [1.82, 2.24) is 4.40 Å². The van der Waals surface area contributed by atoms with Crippen LogP contribution in [0.2, 0.25) is 0 Å². The number of thiocarbonyl (C=S) groups is 1. The fourth-order valence-electron chi connectivity index (χ4n) is 3.28. The third-order valence-electron chi connectivity index (χ3n) is 4.50. The summed E-state index contributed by atoms with van der Waals surface area (Å²) in [5.41, 5.74) is 3.93. The minimum absolute atomic E-state index is 0. The molecule has 0 radical (unpaired) electrons. The number of nitrogens with zero attached hydrogens (tertiary/aromatic N) is 1. The summed E-state index contributed by atoms with van der Waals surface area (Å²) < 4.78 is 8.65. The van der Waals surface area contributed by atoms with Gasteiger partial charge < -0.3 is 14.2 Å². The van der Waals surface area contributed by atoms with Crippen LogP contribution in [0.3, 0.4) is 0 Å². The molecule has 1 aliphatic heterocycles. The second kappa shape index (κ2) is 9.36. The van der Waals surface area contributed by atoms with Crippen LogP contribution >= 0.6 is 39.9 Å². The van der Waals surface area contributed by atoms with Crippen molar-refractivity contribution in [2.45, 2.75) is 13.8 Å². The van der Waals surface area contributed by atoms with Crippen molar-refractivity contribution in [3.05, 3.63) is 75.0 Å². The number of halogens is 1. The largest absolute Gasteiger partial charge is 1.00 e. The molecule has 4 rings (SSSR count). The fraction of sp³-hybridized carbons (Fsp3) is 0.143. The average Bonchev–Trinajstić information content (AvgIpc) is 3.17. The maximum atomic E-state index is 13.2. The van der Waals surface area contributed by atoms with E-state index in [1.807, 2.05) is 41.8 Å². The summed E-state index contributed by atoms with van der Waals surface area (Å²) in [6.45, 7) is 3.97. The molecule has 0 unspecified atom stereocenters. The van der Waals surface area contributed by atoms with Crippen LogP contribution in [0, 0.1) is 6.92 Å². The summed E-state index contributed by atoms with van der Waals surface area (Å²) in [4.78, 5) is 13.3. The van der Waals surface area contributed by atoms with Crippen LogP contribution in [0.25, 0.3) is 16.2 Å². The van der Waals surface area contributed by atoms with Crippen molar-refractivity contribution in [2.24, 2.45) is 0 Å². The van der Waals surface area contributed by atoms with E-state index in [4.69, 9.17) is 17.0 Å². The first-order chi connectivity index (χ1) is 13.4. The summed E-state index contributed by atoms with van der Waals surface area (Å²) in [6.07, 6.45) is 1.88. The molecule has 0 amide bonds. The van der Waals surface area contributed by atoms with Gasteiger partial charge in [0, 0.05) is 21.1 Å². The van der Waals surface area contributed by atoms with Crippen LogP contribution in [0.15, 0.2) is 47.1 Å². The number of rotatable bonds is 3. The number of pyridine rings is 1. The monoisotopic (exact) mass is 511 g/mol. The number of ether oxygens (including phenoxy) is 1. The van der Waals surface area contributed by atoms with Gasteiger partial charge in [0.2, 0.25) is 0 Å². The number of aryl methyl sites for hydroxylation is 1. The summed E-state index contributed by atoms with van der Waals surface area (Å²) in [5, 5.41) is 13.2. The molecule has 29 heavy (non-hydrogen) atoms. The minimum atomic E-state index is -0.446. The van der Waals surface area contributed by atoms with Crippen molar-refractivity contribution in [3.63, 3.8) is 0 Å². The Morgan fingerprint density at radius 1 is 1.28 bits per heavy atom. The summed E-state index contributed by atoms with van der Waals surface area (Å²) >= 11 is 10.2. The summed E-state index contributed by atoms with van der Waals surface area (Å²) in [7, 11) is 0. The third-order valence-corrected chi connectivity index (χ3v) is 6.45. The van der Waals surface area contributed by atoms with Crippen molar-refractivity contribution >= 4 is 66.3 Å². The molecule has 0 spiro atoms. The Balaban J connectivity index is 0.00000240. The maximum Gasteiger partial charge on any atom is 1.00 e. The Hall–Kier alpha value is -0.454. The Bertz CT molecular complexity index is 1170. The number of aromatic nitrogens is 1. The number of carbonyl (C=O) groups is 1. The molecule has 0 saturated carbocycles. The van der Waals surface area contributed by atoms with Crippen LogP contribution in [0.5, 0.6) is 0 Å². The smallest absolute Gasteiger partial charge is 0.871 e. The first-order valence-corrected chi connectivity index (χ1v) is 10.7. The first-order valence-electron chi connectivity index (χ1n) is 8.64. The van der Waals surface area contributed by atoms with Crippen molar-refractivity contribution in [2.75, 3.05) is 6.61 Å². The second-order valence-corrected chi connectivity index (χ2v) is 8.94. The molecule has 0 N–H and O–H groups in total. The molecule has 3 aromatic rings. The van der Waals surface area contributed by atoms with Gasteiger partial charge in [-0.1, -0.05) is 57.8 Å². The molecule has 0 bridgehead atoms. The number of hydrogen-bond donors (Lipinski definition) is 0. The summed E-state index contributed by atoms with van der Waals surface area (Å²) in [5.74, 6) is -0.602. The number of benzene rings is 1. The van der Waals surface area contributed by atoms with E-state index in [9.17, 15) is 9.90 Å². The SMILES string of the molecule is CCOC(=O)c1c2c(n3ccc(C)cc13)C(=S)S/C2=C(/[O-])c1ccc(Br)cc1.[K+]. The molecule has 0 fully saturated rings. The van der Waals surface area contributed by atoms with Crippen LogP contribution in [0.4, 0.5) is 0 Å². The quantitative estimate of drug-likeness (QED) is 0.232. The Morgan fingerprint density at radius 3 is 2.62 bits per heavy atom. The van der Waals surface area contributed by atoms with E-state index in [-0.39, 0.29) is 63.8 Å². The topological polar surface area (TPSA) is 53.8 Å². The molecule has 1 aromatic carbocycles. The van der Waals surface area contributed by atoms with E-state index in [2.05, 4.69) is 15.9 Å². The molecule has 0 atom stereocenters. The Morgan fingerprint density at radius 2 is 1.97 bits per heavy atom. The van der Waals surface area contributed by atoms with E-state index < -0.39 is 5.97 Å². The number of esters is 1. The van der Waals surface area contributed by atoms with Gasteiger partial charge in [-0.3, -0.25) is 0 Å². The van der Waals surface area contributed by atoms with Gasteiger partial charge in [0.05, 0.1) is 23.4 Å². The average molecular weight is 512 g/mol. The number of carbonyl (C=O) groups excluding carboxylic acids is 1. The van der Waals surface area contributed by atoms with E-state index >= 15 is 0 Å².